The number of aromatic nitrogens is 2. The second-order valence-corrected chi connectivity index (χ2v) is 14.0. The Hall–Kier alpha value is -4.87. The molecular formula is C40H28F4IN3O6. The lowest BCUT2D eigenvalue weighted by Gasteiger charge is -2.42. The molecule has 4 heterocycles. The van der Waals surface area contributed by atoms with Crippen LogP contribution in [0.1, 0.15) is 44.5 Å². The standard InChI is InChI=1S/C40H28F4IN3O6/c41-24-12-22-28(14-26(24)43)46-35-31(22)33-34(39(50)47-38(33)49)32-23-13-25(42)27(44)15-29(23)48(36(32)35)40-37(52-17-20-9-5-2-6-10-20)30(11-21(54-40)18-53-45)51-16-19-7-3-1-4-8-19/h1-10,12-15,21,30,37,40,46H,11,16-18H2,(H,47,49,50)/t21-,30-,37+,40+/m0/s1. The monoisotopic (exact) mass is 849 g/mol. The summed E-state index contributed by atoms with van der Waals surface area (Å²) in [6, 6.07) is 22.8. The van der Waals surface area contributed by atoms with Crippen LogP contribution >= 0.6 is 23.0 Å². The normalized spacial score (nSPS) is 20.1. The van der Waals surface area contributed by atoms with Crippen LogP contribution in [0.4, 0.5) is 17.6 Å². The summed E-state index contributed by atoms with van der Waals surface area (Å²) in [5.41, 5.74) is 2.14. The first-order valence-corrected chi connectivity index (χ1v) is 17.9. The lowest BCUT2D eigenvalue weighted by molar-refractivity contribution is -0.232. The van der Waals surface area contributed by atoms with Crippen molar-refractivity contribution < 1.29 is 44.4 Å². The molecule has 5 aromatic carbocycles. The van der Waals surface area contributed by atoms with E-state index < -0.39 is 59.6 Å². The van der Waals surface area contributed by atoms with E-state index in [1.165, 1.54) is 0 Å². The van der Waals surface area contributed by atoms with Crippen LogP contribution < -0.4 is 5.32 Å². The Balaban J connectivity index is 1.35. The van der Waals surface area contributed by atoms with E-state index in [1.807, 2.05) is 60.7 Å². The fourth-order valence-corrected chi connectivity index (χ4v) is 8.22. The van der Waals surface area contributed by atoms with E-state index >= 15 is 8.78 Å². The number of amides is 2. The fourth-order valence-electron chi connectivity index (χ4n) is 7.81. The number of rotatable bonds is 9. The van der Waals surface area contributed by atoms with Gasteiger partial charge in [0, 0.05) is 45.6 Å². The van der Waals surface area contributed by atoms with Gasteiger partial charge in [-0.2, -0.15) is 0 Å². The lowest BCUT2D eigenvalue weighted by atomic mass is 9.96. The molecule has 0 unspecified atom stereocenters. The summed E-state index contributed by atoms with van der Waals surface area (Å²) in [4.78, 5) is 30.3. The molecule has 0 saturated carbocycles. The quantitative estimate of drug-likeness (QED) is 0.0857. The van der Waals surface area contributed by atoms with Gasteiger partial charge in [-0.3, -0.25) is 14.9 Å². The summed E-state index contributed by atoms with van der Waals surface area (Å²) < 4.78 is 87.4. The van der Waals surface area contributed by atoms with Crippen molar-refractivity contribution in [1.29, 1.82) is 0 Å². The minimum absolute atomic E-state index is 0.0994. The van der Waals surface area contributed by atoms with Crippen molar-refractivity contribution in [2.75, 3.05) is 6.61 Å². The number of hydrogen-bond donors (Lipinski definition) is 2. The van der Waals surface area contributed by atoms with Crippen LogP contribution in [-0.2, 0) is 30.5 Å². The van der Waals surface area contributed by atoms with Gasteiger partial charge in [0.05, 0.1) is 59.7 Å². The topological polar surface area (TPSA) is 104 Å². The second-order valence-electron chi connectivity index (χ2n) is 13.4. The van der Waals surface area contributed by atoms with E-state index in [-0.39, 0.29) is 74.6 Å². The molecule has 0 aliphatic carbocycles. The Morgan fingerprint density at radius 1 is 0.759 bits per heavy atom. The van der Waals surface area contributed by atoms with Gasteiger partial charge in [0.2, 0.25) is 0 Å². The van der Waals surface area contributed by atoms with Crippen molar-refractivity contribution in [2.24, 2.45) is 0 Å². The number of carbonyl (C=O) groups is 2. The number of fused-ring (bicyclic) bond motifs is 10. The van der Waals surface area contributed by atoms with E-state index in [0.717, 1.165) is 35.4 Å². The zero-order valence-electron chi connectivity index (χ0n) is 28.0. The first-order chi connectivity index (χ1) is 26.2. The van der Waals surface area contributed by atoms with Crippen LogP contribution in [-0.4, -0.2) is 46.3 Å². The van der Waals surface area contributed by atoms with Gasteiger partial charge in [0.1, 0.15) is 29.1 Å². The molecule has 54 heavy (non-hydrogen) atoms. The fraction of sp³-hybridized carbons (Fsp3) is 0.200. The summed E-state index contributed by atoms with van der Waals surface area (Å²) >= 11 is 1.77. The molecule has 7 aromatic rings. The molecule has 0 spiro atoms. The predicted molar refractivity (Wildman–Crippen MR) is 199 cm³/mol. The van der Waals surface area contributed by atoms with Crippen molar-refractivity contribution in [1.82, 2.24) is 14.9 Å². The Morgan fingerprint density at radius 2 is 1.35 bits per heavy atom. The van der Waals surface area contributed by atoms with Gasteiger partial charge >= 0.3 is 0 Å². The van der Waals surface area contributed by atoms with Crippen molar-refractivity contribution >= 4 is 78.4 Å². The van der Waals surface area contributed by atoms with E-state index in [2.05, 4.69) is 10.3 Å². The highest BCUT2D eigenvalue weighted by Gasteiger charge is 2.45. The number of hydrogen-bond acceptors (Lipinski definition) is 6. The summed E-state index contributed by atoms with van der Waals surface area (Å²) in [5.74, 6) is -6.24. The number of benzene rings is 5. The third-order valence-electron chi connectivity index (χ3n) is 10.1. The highest BCUT2D eigenvalue weighted by Crippen LogP contribution is 2.47. The van der Waals surface area contributed by atoms with Crippen molar-refractivity contribution in [3.8, 4) is 0 Å². The molecule has 2 aliphatic rings. The maximum atomic E-state index is 15.4. The molecule has 9 rings (SSSR count). The minimum atomic E-state index is -1.19. The van der Waals surface area contributed by atoms with Gasteiger partial charge in [0.15, 0.2) is 29.5 Å². The molecule has 0 bridgehead atoms. The summed E-state index contributed by atoms with van der Waals surface area (Å²) in [5, 5.41) is 2.77. The van der Waals surface area contributed by atoms with E-state index in [4.69, 9.17) is 17.3 Å². The second kappa shape index (κ2) is 13.8. The maximum absolute atomic E-state index is 15.4. The summed E-state index contributed by atoms with van der Waals surface area (Å²) in [7, 11) is 0. The number of nitrogens with zero attached hydrogens (tertiary/aromatic N) is 1. The summed E-state index contributed by atoms with van der Waals surface area (Å²) in [6.07, 6.45) is -2.97. The van der Waals surface area contributed by atoms with Crippen LogP contribution in [0.2, 0.25) is 0 Å². The van der Waals surface area contributed by atoms with Crippen molar-refractivity contribution in [2.45, 2.75) is 44.2 Å². The zero-order chi connectivity index (χ0) is 37.2. The highest BCUT2D eigenvalue weighted by atomic mass is 127. The molecule has 1 fully saturated rings. The van der Waals surface area contributed by atoms with Gasteiger partial charge in [-0.15, -0.1) is 0 Å². The Labute approximate surface area is 317 Å². The van der Waals surface area contributed by atoms with Crippen LogP contribution in [0.3, 0.4) is 0 Å². The third kappa shape index (κ3) is 5.74. The highest BCUT2D eigenvalue weighted by molar-refractivity contribution is 14.1. The van der Waals surface area contributed by atoms with E-state index in [1.54, 1.807) is 27.6 Å². The number of carbonyl (C=O) groups excluding carboxylic acids is 2. The zero-order valence-corrected chi connectivity index (χ0v) is 30.2. The number of ether oxygens (including phenoxy) is 3. The van der Waals surface area contributed by atoms with Gasteiger partial charge in [-0.1, -0.05) is 60.7 Å². The average Bonchev–Trinajstić information content (AvgIpc) is 3.79. The molecule has 274 valence electrons. The number of aromatic amines is 1. The summed E-state index contributed by atoms with van der Waals surface area (Å²) in [6.45, 7) is 0.463. The largest absolute Gasteiger partial charge is 0.371 e. The Morgan fingerprint density at radius 3 is 2.02 bits per heavy atom. The SMILES string of the molecule is O=C1NC(=O)c2c1c1c3cc(F)c(F)cc3[nH]c1c1c2c2cc(F)c(F)cc2n1[C@@H]1O[C@H](COI)C[C@H](OCc2ccccc2)[C@H]1OCc1ccccc1. The van der Waals surface area contributed by atoms with Gasteiger partial charge in [-0.05, 0) is 23.3 Å². The molecule has 1 saturated heterocycles. The van der Waals surface area contributed by atoms with Crippen molar-refractivity contribution in [3.63, 3.8) is 0 Å². The van der Waals surface area contributed by atoms with Gasteiger partial charge < -0.3 is 26.8 Å². The molecular weight excluding hydrogens is 821 g/mol. The lowest BCUT2D eigenvalue weighted by Crippen LogP contribution is -2.49. The molecule has 14 heteroatoms. The van der Waals surface area contributed by atoms with Crippen LogP contribution in [0, 0.1) is 23.3 Å². The number of imide groups is 1. The Kier molecular flexibility index (Phi) is 8.89. The first-order valence-electron chi connectivity index (χ1n) is 17.1. The number of H-pyrrole nitrogens is 1. The molecule has 2 aromatic heterocycles. The molecule has 0 radical (unpaired) electrons. The van der Waals surface area contributed by atoms with E-state index in [9.17, 15) is 18.4 Å². The minimum Gasteiger partial charge on any atom is -0.371 e. The molecule has 4 atom stereocenters. The Bertz CT molecular complexity index is 2630. The number of halogens is 5. The maximum Gasteiger partial charge on any atom is 0.259 e. The molecule has 2 N–H and O–H groups in total. The smallest absolute Gasteiger partial charge is 0.259 e. The molecule has 2 aliphatic heterocycles. The number of nitrogens with one attached hydrogen (secondary N) is 2. The molecule has 2 amide bonds. The third-order valence-corrected chi connectivity index (χ3v) is 10.5. The van der Waals surface area contributed by atoms with Crippen LogP contribution in [0.15, 0.2) is 84.9 Å². The molecule has 9 nitrogen and oxygen atoms in total. The van der Waals surface area contributed by atoms with Gasteiger partial charge in [0.25, 0.3) is 11.8 Å². The predicted octanol–water partition coefficient (Wildman–Crippen LogP) is 8.69. The average molecular weight is 850 g/mol. The van der Waals surface area contributed by atoms with Crippen molar-refractivity contribution in [3.05, 3.63) is 130 Å². The van der Waals surface area contributed by atoms with Crippen LogP contribution in [0.25, 0.3) is 43.6 Å². The van der Waals surface area contributed by atoms with Crippen LogP contribution in [0.5, 0.6) is 0 Å². The van der Waals surface area contributed by atoms with E-state index in [0.29, 0.717) is 6.42 Å². The first kappa shape index (κ1) is 34.9. The van der Waals surface area contributed by atoms with Gasteiger partial charge in [-0.25, -0.2) is 17.6 Å².